The van der Waals surface area contributed by atoms with Gasteiger partial charge in [0, 0.05) is 0 Å². The van der Waals surface area contributed by atoms with Gasteiger partial charge in [0.1, 0.15) is 5.60 Å². The van der Waals surface area contributed by atoms with Crippen molar-refractivity contribution in [1.82, 2.24) is 0 Å². The van der Waals surface area contributed by atoms with Gasteiger partial charge in [-0.25, -0.2) is 0 Å². The Kier molecular flexibility index (Phi) is 9.57. The van der Waals surface area contributed by atoms with E-state index in [-0.39, 0.29) is 6.10 Å². The fraction of sp³-hybridized carbons (Fsp3) is 0.241. The topological polar surface area (TPSA) is 9.23 Å². The van der Waals surface area contributed by atoms with Gasteiger partial charge < -0.3 is 4.74 Å². The summed E-state index contributed by atoms with van der Waals surface area (Å²) in [6, 6.07) is 31.8. The minimum atomic E-state index is -0.692. The fourth-order valence-electron chi connectivity index (χ4n) is 3.87. The van der Waals surface area contributed by atoms with E-state index >= 15 is 0 Å². The molecule has 0 aliphatic heterocycles. The van der Waals surface area contributed by atoms with Gasteiger partial charge >= 0.3 is 0 Å². The maximum absolute atomic E-state index is 7.14. The molecule has 1 atom stereocenters. The number of rotatable bonds is 11. The first-order valence-corrected chi connectivity index (χ1v) is 12.3. The zero-order valence-electron chi connectivity index (χ0n) is 18.2. The van der Waals surface area contributed by atoms with Crippen LogP contribution in [0.15, 0.2) is 113 Å². The Morgan fingerprint density at radius 3 is 1.68 bits per heavy atom. The minimum Gasteiger partial charge on any atom is -0.353 e. The largest absolute Gasteiger partial charge is 0.353 e. The number of allylic oxidation sites excluding steroid dienone is 1. The summed E-state index contributed by atoms with van der Waals surface area (Å²) in [7, 11) is 0. The molecule has 0 amide bonds. The molecule has 3 aromatic carbocycles. The molecule has 1 nitrogen and oxygen atoms in total. The van der Waals surface area contributed by atoms with Gasteiger partial charge in [0.05, 0.1) is 6.10 Å². The lowest BCUT2D eigenvalue weighted by molar-refractivity contribution is -0.0229. The first kappa shape index (κ1) is 23.5. The molecule has 3 aromatic rings. The number of halogens is 1. The molecule has 0 bridgehead atoms. The van der Waals surface area contributed by atoms with E-state index in [1.54, 1.807) is 0 Å². The van der Waals surface area contributed by atoms with E-state index < -0.39 is 5.60 Å². The Labute approximate surface area is 201 Å². The van der Waals surface area contributed by atoms with E-state index in [1.165, 1.54) is 12.8 Å². The van der Waals surface area contributed by atoms with E-state index in [4.69, 9.17) is 4.74 Å². The molecule has 0 saturated carbocycles. The highest BCUT2D eigenvalue weighted by Crippen LogP contribution is 2.42. The summed E-state index contributed by atoms with van der Waals surface area (Å²) in [5.74, 6) is 0. The smallest absolute Gasteiger partial charge is 0.144 e. The average Bonchev–Trinajstić information content (AvgIpc) is 2.85. The molecule has 0 N–H and O–H groups in total. The monoisotopic (exact) mass is 522 g/mol. The minimum absolute atomic E-state index is 0.0384. The van der Waals surface area contributed by atoms with Gasteiger partial charge in [0.2, 0.25) is 0 Å². The molecule has 160 valence electrons. The maximum Gasteiger partial charge on any atom is 0.144 e. The predicted octanol–water partition coefficient (Wildman–Crippen LogP) is 8.45. The average molecular weight is 522 g/mol. The molecule has 0 aromatic heterocycles. The summed E-state index contributed by atoms with van der Waals surface area (Å²) in [4.78, 5) is 0. The van der Waals surface area contributed by atoms with Crippen molar-refractivity contribution in [3.63, 3.8) is 0 Å². The summed E-state index contributed by atoms with van der Waals surface area (Å²) >= 11 is 2.28. The van der Waals surface area contributed by atoms with Crippen LogP contribution in [0.5, 0.6) is 0 Å². The summed E-state index contributed by atoms with van der Waals surface area (Å²) < 4.78 is 9.21. The zero-order chi connectivity index (χ0) is 21.8. The van der Waals surface area contributed by atoms with Gasteiger partial charge in [-0.3, -0.25) is 0 Å². The molecule has 31 heavy (non-hydrogen) atoms. The standard InChI is InChI=1S/C29H31IO/c1-2-3-4-14-22-28(23-15-24-30)31-29(25-16-8-5-9-17-25,26-18-10-6-11-19-26)27-20-12-7-13-21-27/h5-22,24,28H,2-4,23H2,1H3/b22-14+,24-15+. The first-order valence-electron chi connectivity index (χ1n) is 11.1. The molecule has 0 aliphatic carbocycles. The van der Waals surface area contributed by atoms with Gasteiger partial charge in [-0.1, -0.05) is 152 Å². The Hall–Kier alpha value is -2.17. The summed E-state index contributed by atoms with van der Waals surface area (Å²) in [5.41, 5.74) is 2.72. The third-order valence-electron chi connectivity index (χ3n) is 5.40. The van der Waals surface area contributed by atoms with Crippen LogP contribution in [0.1, 0.15) is 49.3 Å². The van der Waals surface area contributed by atoms with Gasteiger partial charge in [-0.15, -0.1) is 0 Å². The normalized spacial score (nSPS) is 13.1. The molecule has 0 aliphatic rings. The van der Waals surface area contributed by atoms with Crippen LogP contribution in [-0.2, 0) is 10.3 Å². The van der Waals surface area contributed by atoms with Crippen LogP contribution in [0.3, 0.4) is 0 Å². The van der Waals surface area contributed by atoms with Gasteiger partial charge in [-0.2, -0.15) is 0 Å². The quantitative estimate of drug-likeness (QED) is 0.106. The zero-order valence-corrected chi connectivity index (χ0v) is 20.3. The molecular formula is C29H31IO. The van der Waals surface area contributed by atoms with Crippen molar-refractivity contribution in [2.45, 2.75) is 44.3 Å². The highest BCUT2D eigenvalue weighted by molar-refractivity contribution is 14.1. The highest BCUT2D eigenvalue weighted by Gasteiger charge is 2.39. The number of ether oxygens (including phenoxy) is 1. The second-order valence-corrected chi connectivity index (χ2v) is 8.32. The van der Waals surface area contributed by atoms with Crippen LogP contribution >= 0.6 is 22.6 Å². The summed E-state index contributed by atoms with van der Waals surface area (Å²) in [6.45, 7) is 2.23. The van der Waals surface area contributed by atoms with E-state index in [2.05, 4.69) is 143 Å². The van der Waals surface area contributed by atoms with Crippen molar-refractivity contribution in [3.8, 4) is 0 Å². The van der Waals surface area contributed by atoms with Gasteiger partial charge in [0.15, 0.2) is 0 Å². The van der Waals surface area contributed by atoms with Crippen LogP contribution in [0.25, 0.3) is 0 Å². The number of hydrogen-bond donors (Lipinski definition) is 0. The molecule has 0 saturated heterocycles. The predicted molar refractivity (Wildman–Crippen MR) is 141 cm³/mol. The van der Waals surface area contributed by atoms with E-state index in [1.807, 2.05) is 0 Å². The molecule has 0 fully saturated rings. The lowest BCUT2D eigenvalue weighted by Crippen LogP contribution is -2.36. The highest BCUT2D eigenvalue weighted by atomic mass is 127. The third-order valence-corrected chi connectivity index (χ3v) is 5.91. The lowest BCUT2D eigenvalue weighted by Gasteiger charge is -2.38. The van der Waals surface area contributed by atoms with Crippen molar-refractivity contribution >= 4 is 22.6 Å². The van der Waals surface area contributed by atoms with E-state index in [0.717, 1.165) is 29.5 Å². The Morgan fingerprint density at radius 1 is 0.774 bits per heavy atom. The number of hydrogen-bond acceptors (Lipinski definition) is 1. The summed E-state index contributed by atoms with van der Waals surface area (Å²) in [6.07, 6.45) is 11.0. The lowest BCUT2D eigenvalue weighted by atomic mass is 9.80. The maximum atomic E-state index is 7.14. The van der Waals surface area contributed by atoms with Crippen LogP contribution in [-0.4, -0.2) is 6.10 Å². The molecule has 3 rings (SSSR count). The van der Waals surface area contributed by atoms with Crippen LogP contribution in [0, 0.1) is 0 Å². The second kappa shape index (κ2) is 12.6. The molecule has 2 heteroatoms. The Morgan fingerprint density at radius 2 is 1.26 bits per heavy atom. The van der Waals surface area contributed by atoms with Crippen molar-refractivity contribution in [2.24, 2.45) is 0 Å². The Balaban J connectivity index is 2.15. The van der Waals surface area contributed by atoms with E-state index in [0.29, 0.717) is 0 Å². The molecule has 0 spiro atoms. The summed E-state index contributed by atoms with van der Waals surface area (Å²) in [5, 5.41) is 0. The van der Waals surface area contributed by atoms with Crippen LogP contribution < -0.4 is 0 Å². The molecule has 0 heterocycles. The van der Waals surface area contributed by atoms with Crippen molar-refractivity contribution in [3.05, 3.63) is 130 Å². The molecule has 0 radical (unpaired) electrons. The van der Waals surface area contributed by atoms with Crippen molar-refractivity contribution < 1.29 is 4.74 Å². The SMILES string of the molecule is CCCC/C=C/C(C/C=C/I)OC(c1ccccc1)(c1ccccc1)c1ccccc1. The van der Waals surface area contributed by atoms with Crippen LogP contribution in [0.2, 0.25) is 0 Å². The van der Waals surface area contributed by atoms with Gasteiger partial charge in [-0.05, 0) is 33.6 Å². The van der Waals surface area contributed by atoms with E-state index in [9.17, 15) is 0 Å². The van der Waals surface area contributed by atoms with Crippen LogP contribution in [0.4, 0.5) is 0 Å². The second-order valence-electron chi connectivity index (χ2n) is 7.60. The number of benzene rings is 3. The van der Waals surface area contributed by atoms with Crippen molar-refractivity contribution in [2.75, 3.05) is 0 Å². The number of unbranched alkanes of at least 4 members (excludes halogenated alkanes) is 2. The first-order chi connectivity index (χ1) is 15.3. The Bertz CT molecular complexity index is 836. The molecule has 1 unspecified atom stereocenters. The van der Waals surface area contributed by atoms with Crippen molar-refractivity contribution in [1.29, 1.82) is 0 Å². The fourth-order valence-corrected chi connectivity index (χ4v) is 4.16. The molecular weight excluding hydrogens is 491 g/mol. The van der Waals surface area contributed by atoms with Gasteiger partial charge in [0.25, 0.3) is 0 Å². The third kappa shape index (κ3) is 6.18.